The molecule has 1 saturated heterocycles. The van der Waals surface area contributed by atoms with Gasteiger partial charge in [0.05, 0.1) is 6.10 Å². The molecule has 0 spiro atoms. The van der Waals surface area contributed by atoms with E-state index in [2.05, 4.69) is 41.5 Å². The molecule has 0 aromatic carbocycles. The van der Waals surface area contributed by atoms with Crippen LogP contribution >= 0.6 is 0 Å². The molecule has 1 heterocycles. The minimum Gasteiger partial charge on any atom is -0.460 e. The Labute approximate surface area is 146 Å². The molecular weight excluding hydrogens is 308 g/mol. The predicted molar refractivity (Wildman–Crippen MR) is 91.0 cm³/mol. The van der Waals surface area contributed by atoms with Gasteiger partial charge in [-0.3, -0.25) is 4.79 Å². The van der Waals surface area contributed by atoms with E-state index < -0.39 is 29.8 Å². The van der Waals surface area contributed by atoms with E-state index in [1.54, 1.807) is 0 Å². The first-order valence-corrected chi connectivity index (χ1v) is 8.87. The van der Waals surface area contributed by atoms with Crippen molar-refractivity contribution in [1.82, 2.24) is 0 Å². The van der Waals surface area contributed by atoms with Crippen molar-refractivity contribution in [2.24, 2.45) is 28.6 Å². The van der Waals surface area contributed by atoms with Gasteiger partial charge in [0.1, 0.15) is 23.7 Å². The molecular formula is C19H34O5. The van der Waals surface area contributed by atoms with Gasteiger partial charge in [0.2, 0.25) is 0 Å². The summed E-state index contributed by atoms with van der Waals surface area (Å²) >= 11 is 0. The molecule has 1 N–H and O–H groups in total. The second-order valence-electron chi connectivity index (χ2n) is 10.5. The summed E-state index contributed by atoms with van der Waals surface area (Å²) in [7, 11) is 0. The zero-order valence-electron chi connectivity index (χ0n) is 16.5. The molecule has 5 heteroatoms. The Morgan fingerprint density at radius 3 is 1.50 bits per heavy atom. The molecule has 5 nitrogen and oxygen atoms in total. The fourth-order valence-corrected chi connectivity index (χ4v) is 4.26. The van der Waals surface area contributed by atoms with Crippen molar-refractivity contribution in [1.29, 1.82) is 0 Å². The SMILES string of the molecule is CC(C)(C)OC(=O)C1C2OOC1C(C(C)(C)C)C(O)C2C(C)(C)C. The molecule has 0 aromatic heterocycles. The van der Waals surface area contributed by atoms with E-state index in [-0.39, 0.29) is 28.6 Å². The van der Waals surface area contributed by atoms with Gasteiger partial charge in [-0.05, 0) is 31.6 Å². The molecule has 4 atom stereocenters. The van der Waals surface area contributed by atoms with E-state index in [9.17, 15) is 9.90 Å². The number of fused-ring (bicyclic) bond motifs is 2. The van der Waals surface area contributed by atoms with Gasteiger partial charge < -0.3 is 9.84 Å². The van der Waals surface area contributed by atoms with Gasteiger partial charge in [-0.2, -0.15) is 0 Å². The van der Waals surface area contributed by atoms with Crippen LogP contribution in [0.5, 0.6) is 0 Å². The minimum absolute atomic E-state index is 0.210. The highest BCUT2D eigenvalue weighted by molar-refractivity contribution is 5.75. The fraction of sp³-hybridized carbons (Fsp3) is 0.947. The lowest BCUT2D eigenvalue weighted by molar-refractivity contribution is -0.304. The molecule has 2 aliphatic rings. The van der Waals surface area contributed by atoms with Crippen molar-refractivity contribution < 1.29 is 24.4 Å². The number of carbonyl (C=O) groups excluding carboxylic acids is 1. The lowest BCUT2D eigenvalue weighted by Gasteiger charge is -2.49. The maximum absolute atomic E-state index is 12.9. The van der Waals surface area contributed by atoms with Gasteiger partial charge in [0.25, 0.3) is 0 Å². The minimum atomic E-state index is -0.596. The van der Waals surface area contributed by atoms with Gasteiger partial charge in [0.15, 0.2) is 0 Å². The second kappa shape index (κ2) is 5.96. The normalized spacial score (nSPS) is 37.4. The molecule has 2 fully saturated rings. The first-order valence-electron chi connectivity index (χ1n) is 8.87. The zero-order chi connectivity index (χ0) is 18.7. The Balaban J connectivity index is 2.44. The number of esters is 1. The summed E-state index contributed by atoms with van der Waals surface area (Å²) in [6.07, 6.45) is -1.57. The third-order valence-electron chi connectivity index (χ3n) is 5.11. The van der Waals surface area contributed by atoms with Gasteiger partial charge in [-0.1, -0.05) is 41.5 Å². The number of hydrogen-bond donors (Lipinski definition) is 1. The van der Waals surface area contributed by atoms with Crippen LogP contribution < -0.4 is 0 Å². The molecule has 4 unspecified atom stereocenters. The standard InChI is InChI=1S/C19H34O5/c1-17(2,3)11-13(20)12(18(4,5)6)15-10(14(11)23-24-15)16(21)22-19(7,8)9/h10-15,20H,1-9H3. The quantitative estimate of drug-likeness (QED) is 0.585. The molecule has 2 rings (SSSR count). The third kappa shape index (κ3) is 3.63. The lowest BCUT2D eigenvalue weighted by Crippen LogP contribution is -2.60. The van der Waals surface area contributed by atoms with Crippen LogP contribution in [0, 0.1) is 28.6 Å². The molecule has 0 amide bonds. The molecule has 0 radical (unpaired) electrons. The highest BCUT2D eigenvalue weighted by Gasteiger charge is 2.64. The number of ether oxygens (including phenoxy) is 1. The number of aliphatic hydroxyl groups is 1. The molecule has 140 valence electrons. The Kier molecular flexibility index (Phi) is 4.88. The van der Waals surface area contributed by atoms with Gasteiger partial charge in [-0.15, -0.1) is 0 Å². The van der Waals surface area contributed by atoms with Crippen LogP contribution in [0.2, 0.25) is 0 Å². The highest BCUT2D eigenvalue weighted by atomic mass is 17.2. The van der Waals surface area contributed by atoms with Crippen molar-refractivity contribution in [2.45, 2.75) is 86.2 Å². The number of carbonyl (C=O) groups is 1. The summed E-state index contributed by atoms with van der Waals surface area (Å²) < 4.78 is 5.63. The Bertz CT molecular complexity index is 449. The summed E-state index contributed by atoms with van der Waals surface area (Å²) in [4.78, 5) is 24.1. The van der Waals surface area contributed by atoms with E-state index in [1.165, 1.54) is 0 Å². The maximum Gasteiger partial charge on any atom is 0.315 e. The summed E-state index contributed by atoms with van der Waals surface area (Å²) in [6, 6.07) is 0. The smallest absolute Gasteiger partial charge is 0.315 e. The van der Waals surface area contributed by atoms with Crippen molar-refractivity contribution in [3.05, 3.63) is 0 Å². The molecule has 0 aromatic rings. The van der Waals surface area contributed by atoms with Crippen LogP contribution in [0.1, 0.15) is 62.3 Å². The summed E-state index contributed by atoms with van der Waals surface area (Å²) in [6.45, 7) is 18.0. The van der Waals surface area contributed by atoms with E-state index in [4.69, 9.17) is 14.5 Å². The van der Waals surface area contributed by atoms with Gasteiger partial charge in [0, 0.05) is 11.8 Å². The third-order valence-corrected chi connectivity index (χ3v) is 5.11. The highest BCUT2D eigenvalue weighted by Crippen LogP contribution is 2.54. The van der Waals surface area contributed by atoms with Crippen LogP contribution in [0.3, 0.4) is 0 Å². The molecule has 1 saturated carbocycles. The first-order chi connectivity index (χ1) is 10.6. The van der Waals surface area contributed by atoms with Crippen LogP contribution in [-0.2, 0) is 19.3 Å². The maximum atomic E-state index is 12.9. The van der Waals surface area contributed by atoms with Crippen LogP contribution in [-0.4, -0.2) is 35.0 Å². The number of hydrogen-bond acceptors (Lipinski definition) is 5. The van der Waals surface area contributed by atoms with Crippen molar-refractivity contribution in [3.63, 3.8) is 0 Å². The fourth-order valence-electron chi connectivity index (χ4n) is 4.26. The van der Waals surface area contributed by atoms with Crippen LogP contribution in [0.25, 0.3) is 0 Å². The zero-order valence-corrected chi connectivity index (χ0v) is 16.5. The van der Waals surface area contributed by atoms with E-state index in [0.717, 1.165) is 0 Å². The first kappa shape index (κ1) is 19.7. The summed E-state index contributed by atoms with van der Waals surface area (Å²) in [5.41, 5.74) is -1.03. The van der Waals surface area contributed by atoms with Crippen LogP contribution in [0.4, 0.5) is 0 Å². The average Bonchev–Trinajstić information content (AvgIpc) is 2.60. The van der Waals surface area contributed by atoms with Gasteiger partial charge in [-0.25, -0.2) is 9.78 Å². The van der Waals surface area contributed by atoms with E-state index in [0.29, 0.717) is 0 Å². The van der Waals surface area contributed by atoms with E-state index >= 15 is 0 Å². The molecule has 2 bridgehead atoms. The predicted octanol–water partition coefficient (Wildman–Crippen LogP) is 3.34. The molecule has 1 aliphatic heterocycles. The monoisotopic (exact) mass is 342 g/mol. The largest absolute Gasteiger partial charge is 0.460 e. The number of rotatable bonds is 1. The molecule has 1 aliphatic carbocycles. The van der Waals surface area contributed by atoms with Crippen molar-refractivity contribution in [3.8, 4) is 0 Å². The Hall–Kier alpha value is -0.650. The summed E-state index contributed by atoms with van der Waals surface area (Å²) in [5.74, 6) is -1.23. The van der Waals surface area contributed by atoms with Crippen LogP contribution in [0.15, 0.2) is 0 Å². The molecule has 24 heavy (non-hydrogen) atoms. The van der Waals surface area contributed by atoms with Gasteiger partial charge >= 0.3 is 5.97 Å². The lowest BCUT2D eigenvalue weighted by atomic mass is 9.56. The Morgan fingerprint density at radius 1 is 0.833 bits per heavy atom. The topological polar surface area (TPSA) is 65.0 Å². The van der Waals surface area contributed by atoms with Crippen molar-refractivity contribution in [2.75, 3.05) is 0 Å². The van der Waals surface area contributed by atoms with Crippen molar-refractivity contribution >= 4 is 5.97 Å². The second-order valence-corrected chi connectivity index (χ2v) is 10.5. The van der Waals surface area contributed by atoms with E-state index in [1.807, 2.05) is 20.8 Å². The number of aliphatic hydroxyl groups excluding tert-OH is 1. The summed E-state index contributed by atoms with van der Waals surface area (Å²) in [5, 5.41) is 11.1. The average molecular weight is 342 g/mol. The Morgan fingerprint density at radius 2 is 1.21 bits per heavy atom.